The number of likely N-dealkylation sites (tertiary alicyclic amines) is 1. The number of unbranched alkanes of at least 4 members (excludes halogenated alkanes) is 2. The number of amides is 3. The minimum absolute atomic E-state index is 0.0846. The van der Waals surface area contributed by atoms with Crippen LogP contribution in [0.3, 0.4) is 0 Å². The van der Waals surface area contributed by atoms with E-state index in [-0.39, 0.29) is 5.92 Å². The first-order chi connectivity index (χ1) is 16.1. The van der Waals surface area contributed by atoms with E-state index in [9.17, 15) is 24.3 Å². The lowest BCUT2D eigenvalue weighted by atomic mass is 10.0. The Morgan fingerprint density at radius 2 is 1.53 bits per heavy atom. The van der Waals surface area contributed by atoms with Crippen molar-refractivity contribution in [2.45, 2.75) is 95.8 Å². The molecule has 0 aromatic heterocycles. The third kappa shape index (κ3) is 9.94. The predicted octanol–water partition coefficient (Wildman–Crippen LogP) is -0.337. The number of hydrogen-bond acceptors (Lipinski definition) is 7. The van der Waals surface area contributed by atoms with Gasteiger partial charge in [-0.3, -0.25) is 14.4 Å². The molecule has 0 radical (unpaired) electrons. The normalized spacial score (nSPS) is 18.4. The molecule has 1 heterocycles. The van der Waals surface area contributed by atoms with Gasteiger partial charge in [-0.15, -0.1) is 0 Å². The highest BCUT2D eigenvalue weighted by atomic mass is 16.4. The lowest BCUT2D eigenvalue weighted by Gasteiger charge is -2.29. The molecule has 34 heavy (non-hydrogen) atoms. The highest BCUT2D eigenvalue weighted by molar-refractivity contribution is 5.94. The van der Waals surface area contributed by atoms with Gasteiger partial charge < -0.3 is 37.8 Å². The third-order valence-corrected chi connectivity index (χ3v) is 6.03. The summed E-state index contributed by atoms with van der Waals surface area (Å²) in [5, 5.41) is 15.0. The molecule has 11 nitrogen and oxygen atoms in total. The molecule has 11 heteroatoms. The summed E-state index contributed by atoms with van der Waals surface area (Å²) in [7, 11) is 0. The van der Waals surface area contributed by atoms with E-state index in [1.165, 1.54) is 4.90 Å². The molecule has 0 spiro atoms. The van der Waals surface area contributed by atoms with Gasteiger partial charge in [-0.25, -0.2) is 4.79 Å². The van der Waals surface area contributed by atoms with Gasteiger partial charge in [-0.1, -0.05) is 20.3 Å². The number of carbonyl (C=O) groups is 4. The average Bonchev–Trinajstić information content (AvgIpc) is 3.27. The first-order valence-corrected chi connectivity index (χ1v) is 12.4. The van der Waals surface area contributed by atoms with Gasteiger partial charge in [0.05, 0.1) is 6.04 Å². The van der Waals surface area contributed by atoms with Crippen molar-refractivity contribution in [3.8, 4) is 0 Å². The zero-order valence-electron chi connectivity index (χ0n) is 20.6. The van der Waals surface area contributed by atoms with Crippen molar-refractivity contribution in [1.82, 2.24) is 15.5 Å². The molecule has 4 unspecified atom stereocenters. The van der Waals surface area contributed by atoms with Crippen molar-refractivity contribution in [3.63, 3.8) is 0 Å². The van der Waals surface area contributed by atoms with E-state index in [1.807, 2.05) is 13.8 Å². The van der Waals surface area contributed by atoms with E-state index in [2.05, 4.69) is 10.6 Å². The molecule has 0 aromatic rings. The van der Waals surface area contributed by atoms with Crippen molar-refractivity contribution < 1.29 is 24.3 Å². The molecule has 1 fully saturated rings. The van der Waals surface area contributed by atoms with Crippen molar-refractivity contribution in [2.75, 3.05) is 19.6 Å². The Balaban J connectivity index is 2.93. The highest BCUT2D eigenvalue weighted by Gasteiger charge is 2.38. The minimum atomic E-state index is -1.05. The van der Waals surface area contributed by atoms with Gasteiger partial charge in [0.25, 0.3) is 0 Å². The molecule has 196 valence electrons. The summed E-state index contributed by atoms with van der Waals surface area (Å²) in [6.45, 7) is 5.16. The summed E-state index contributed by atoms with van der Waals surface area (Å²) < 4.78 is 0. The summed E-state index contributed by atoms with van der Waals surface area (Å²) >= 11 is 0. The molecule has 1 rings (SSSR count). The second kappa shape index (κ2) is 15.6. The van der Waals surface area contributed by atoms with Crippen LogP contribution < -0.4 is 27.8 Å². The van der Waals surface area contributed by atoms with Crippen molar-refractivity contribution in [3.05, 3.63) is 0 Å². The van der Waals surface area contributed by atoms with Crippen molar-refractivity contribution >= 4 is 23.7 Å². The number of carboxylic acid groups (broad SMARTS) is 1. The quantitative estimate of drug-likeness (QED) is 0.160. The first kappa shape index (κ1) is 29.8. The molecule has 9 N–H and O–H groups in total. The van der Waals surface area contributed by atoms with Gasteiger partial charge in [-0.05, 0) is 70.4 Å². The lowest BCUT2D eigenvalue weighted by molar-refractivity contribution is -0.149. The third-order valence-electron chi connectivity index (χ3n) is 6.03. The summed E-state index contributed by atoms with van der Waals surface area (Å²) in [6.07, 6.45) is 4.94. The fraction of sp³-hybridized carbons (Fsp3) is 0.826. The maximum absolute atomic E-state index is 13.2. The number of nitrogens with one attached hydrogen (secondary N) is 2. The second-order valence-corrected chi connectivity index (χ2v) is 9.46. The lowest BCUT2D eigenvalue weighted by Crippen LogP contribution is -2.57. The Morgan fingerprint density at radius 3 is 2.09 bits per heavy atom. The smallest absolute Gasteiger partial charge is 0.326 e. The zero-order chi connectivity index (χ0) is 25.7. The molecular formula is C23H44N6O5. The minimum Gasteiger partial charge on any atom is -0.480 e. The summed E-state index contributed by atoms with van der Waals surface area (Å²) in [5.74, 6) is -2.28. The number of aliphatic carboxylic acids is 1. The molecule has 1 aliphatic rings. The topological polar surface area (TPSA) is 194 Å². The number of nitrogens with zero attached hydrogens (tertiary/aromatic N) is 1. The van der Waals surface area contributed by atoms with Gasteiger partial charge in [0.1, 0.15) is 18.1 Å². The van der Waals surface area contributed by atoms with E-state index in [0.717, 1.165) is 6.42 Å². The SMILES string of the molecule is CC(C)CC(NC(=O)C(CCCCN)NC(=O)C(N)CCCCN)C(=O)N1CCCC1C(=O)O. The van der Waals surface area contributed by atoms with Crippen LogP contribution in [0, 0.1) is 5.92 Å². The largest absolute Gasteiger partial charge is 0.480 e. The van der Waals surface area contributed by atoms with Gasteiger partial charge in [-0.2, -0.15) is 0 Å². The average molecular weight is 485 g/mol. The Morgan fingerprint density at radius 1 is 0.941 bits per heavy atom. The summed E-state index contributed by atoms with van der Waals surface area (Å²) in [6, 6.07) is -3.38. The van der Waals surface area contributed by atoms with E-state index in [4.69, 9.17) is 17.2 Å². The van der Waals surface area contributed by atoms with Crippen molar-refractivity contribution in [2.24, 2.45) is 23.1 Å². The Bertz CT molecular complexity index is 674. The van der Waals surface area contributed by atoms with E-state index in [0.29, 0.717) is 71.0 Å². The highest BCUT2D eigenvalue weighted by Crippen LogP contribution is 2.20. The standard InChI is InChI=1S/C23H44N6O5/c1-15(2)14-18(22(32)29-13-7-10-19(29)23(33)34)28-21(31)17(9-4-6-12-25)27-20(30)16(26)8-3-5-11-24/h15-19H,3-14,24-26H2,1-2H3,(H,27,30)(H,28,31)(H,33,34). The van der Waals surface area contributed by atoms with Gasteiger partial charge in [0.15, 0.2) is 0 Å². The van der Waals surface area contributed by atoms with Crippen LogP contribution in [-0.2, 0) is 19.2 Å². The van der Waals surface area contributed by atoms with Gasteiger partial charge in [0.2, 0.25) is 17.7 Å². The van der Waals surface area contributed by atoms with Crippen LogP contribution in [-0.4, -0.2) is 77.5 Å². The molecule has 0 aromatic carbocycles. The fourth-order valence-corrected chi connectivity index (χ4v) is 4.13. The molecule has 0 aliphatic carbocycles. The van der Waals surface area contributed by atoms with Crippen LogP contribution in [0.5, 0.6) is 0 Å². The molecule has 0 bridgehead atoms. The number of rotatable bonds is 16. The fourth-order valence-electron chi connectivity index (χ4n) is 4.13. The van der Waals surface area contributed by atoms with Crippen LogP contribution in [0.2, 0.25) is 0 Å². The summed E-state index contributed by atoms with van der Waals surface area (Å²) in [4.78, 5) is 51.9. The maximum Gasteiger partial charge on any atom is 0.326 e. The second-order valence-electron chi connectivity index (χ2n) is 9.46. The molecule has 1 aliphatic heterocycles. The molecule has 3 amide bonds. The Kier molecular flexibility index (Phi) is 13.7. The zero-order valence-corrected chi connectivity index (χ0v) is 20.6. The van der Waals surface area contributed by atoms with Gasteiger partial charge in [0, 0.05) is 6.54 Å². The van der Waals surface area contributed by atoms with E-state index < -0.39 is 47.9 Å². The number of carbonyl (C=O) groups excluding carboxylic acids is 3. The molecule has 1 saturated heterocycles. The van der Waals surface area contributed by atoms with Crippen LogP contribution >= 0.6 is 0 Å². The molecule has 0 saturated carbocycles. The van der Waals surface area contributed by atoms with E-state index in [1.54, 1.807) is 0 Å². The number of carboxylic acids is 1. The monoisotopic (exact) mass is 484 g/mol. The number of nitrogens with two attached hydrogens (primary N) is 3. The first-order valence-electron chi connectivity index (χ1n) is 12.4. The van der Waals surface area contributed by atoms with Crippen LogP contribution in [0.1, 0.15) is 71.6 Å². The molecule has 4 atom stereocenters. The Hall–Kier alpha value is -2.24. The maximum atomic E-state index is 13.2. The summed E-state index contributed by atoms with van der Waals surface area (Å²) in [5.41, 5.74) is 17.0. The van der Waals surface area contributed by atoms with Crippen LogP contribution in [0.4, 0.5) is 0 Å². The Labute approximate surface area is 202 Å². The van der Waals surface area contributed by atoms with Crippen LogP contribution in [0.25, 0.3) is 0 Å². The van der Waals surface area contributed by atoms with Gasteiger partial charge >= 0.3 is 5.97 Å². The van der Waals surface area contributed by atoms with Crippen molar-refractivity contribution in [1.29, 1.82) is 0 Å². The number of hydrogen-bond donors (Lipinski definition) is 6. The van der Waals surface area contributed by atoms with Crippen LogP contribution in [0.15, 0.2) is 0 Å². The predicted molar refractivity (Wildman–Crippen MR) is 129 cm³/mol. The molecular weight excluding hydrogens is 440 g/mol. The van der Waals surface area contributed by atoms with E-state index >= 15 is 0 Å².